The first-order valence-electron chi connectivity index (χ1n) is 8.17. The van der Waals surface area contributed by atoms with Gasteiger partial charge in [0.25, 0.3) is 0 Å². The summed E-state index contributed by atoms with van der Waals surface area (Å²) in [5, 5.41) is 3.15. The van der Waals surface area contributed by atoms with Gasteiger partial charge in [-0.2, -0.15) is 0 Å². The topological polar surface area (TPSA) is 30.5 Å². The second-order valence-electron chi connectivity index (χ2n) is 6.29. The maximum Gasteiger partial charge on any atom is 0.119 e. The van der Waals surface area contributed by atoms with Gasteiger partial charge in [0.15, 0.2) is 0 Å². The Morgan fingerprint density at radius 1 is 1.14 bits per heavy atom. The number of rotatable bonds is 7. The van der Waals surface area contributed by atoms with E-state index >= 15 is 0 Å². The molecule has 0 aromatic heterocycles. The first kappa shape index (κ1) is 16.3. The van der Waals surface area contributed by atoms with E-state index in [1.54, 1.807) is 0 Å². The lowest BCUT2D eigenvalue weighted by molar-refractivity contribution is -0.00909. The van der Waals surface area contributed by atoms with E-state index in [4.69, 9.17) is 9.47 Å². The molecule has 0 saturated heterocycles. The van der Waals surface area contributed by atoms with Crippen molar-refractivity contribution in [2.75, 3.05) is 20.3 Å². The zero-order chi connectivity index (χ0) is 15.1. The summed E-state index contributed by atoms with van der Waals surface area (Å²) in [6.07, 6.45) is 4.11. The molecule has 0 radical (unpaired) electrons. The minimum Gasteiger partial charge on any atom is -0.491 e. The van der Waals surface area contributed by atoms with Gasteiger partial charge in [0.2, 0.25) is 0 Å². The van der Waals surface area contributed by atoms with Gasteiger partial charge in [0.1, 0.15) is 12.4 Å². The standard InChI is InChI=1S/C18H29NO2/c1-14-7-8-18(11-15(14)2)21-10-9-20-17-6-4-5-16(12-17)13-19-3/h4-6,12,14-15,18-19H,7-11,13H2,1-3H3. The molecule has 21 heavy (non-hydrogen) atoms. The molecule has 0 aliphatic heterocycles. The Bertz CT molecular complexity index is 421. The van der Waals surface area contributed by atoms with Gasteiger partial charge in [-0.05, 0) is 55.8 Å². The molecule has 1 N–H and O–H groups in total. The third-order valence-electron chi connectivity index (χ3n) is 4.54. The number of nitrogens with one attached hydrogen (secondary N) is 1. The molecular formula is C18H29NO2. The van der Waals surface area contributed by atoms with Crippen LogP contribution in [0.4, 0.5) is 0 Å². The molecule has 1 aromatic rings. The number of benzene rings is 1. The Hall–Kier alpha value is -1.06. The maximum absolute atomic E-state index is 5.96. The van der Waals surface area contributed by atoms with Crippen molar-refractivity contribution in [3.05, 3.63) is 29.8 Å². The fraction of sp³-hybridized carbons (Fsp3) is 0.667. The highest BCUT2D eigenvalue weighted by Crippen LogP contribution is 2.30. The van der Waals surface area contributed by atoms with Crippen LogP contribution in [-0.4, -0.2) is 26.4 Å². The molecular weight excluding hydrogens is 262 g/mol. The quantitative estimate of drug-likeness (QED) is 0.778. The van der Waals surface area contributed by atoms with Crippen molar-refractivity contribution < 1.29 is 9.47 Å². The third kappa shape index (κ3) is 5.33. The van der Waals surface area contributed by atoms with Crippen molar-refractivity contribution in [2.24, 2.45) is 11.8 Å². The van der Waals surface area contributed by atoms with Crippen molar-refractivity contribution >= 4 is 0 Å². The Morgan fingerprint density at radius 2 is 2.00 bits per heavy atom. The Morgan fingerprint density at radius 3 is 2.76 bits per heavy atom. The summed E-state index contributed by atoms with van der Waals surface area (Å²) < 4.78 is 11.7. The summed E-state index contributed by atoms with van der Waals surface area (Å²) in [5.74, 6) is 2.55. The van der Waals surface area contributed by atoms with Crippen molar-refractivity contribution in [3.63, 3.8) is 0 Å². The monoisotopic (exact) mass is 291 g/mol. The van der Waals surface area contributed by atoms with Crippen LogP contribution in [0.2, 0.25) is 0 Å². The van der Waals surface area contributed by atoms with Crippen LogP contribution in [0.1, 0.15) is 38.7 Å². The van der Waals surface area contributed by atoms with Gasteiger partial charge in [-0.15, -0.1) is 0 Å². The van der Waals surface area contributed by atoms with Crippen LogP contribution in [-0.2, 0) is 11.3 Å². The van der Waals surface area contributed by atoms with Crippen LogP contribution in [0, 0.1) is 11.8 Å². The molecule has 0 bridgehead atoms. The van der Waals surface area contributed by atoms with Crippen LogP contribution in [0.25, 0.3) is 0 Å². The molecule has 1 aliphatic rings. The van der Waals surface area contributed by atoms with Gasteiger partial charge in [-0.3, -0.25) is 0 Å². The lowest BCUT2D eigenvalue weighted by atomic mass is 9.80. The number of ether oxygens (including phenoxy) is 2. The lowest BCUT2D eigenvalue weighted by Gasteiger charge is -2.31. The zero-order valence-electron chi connectivity index (χ0n) is 13.6. The maximum atomic E-state index is 5.96. The summed E-state index contributed by atoms with van der Waals surface area (Å²) in [7, 11) is 1.95. The van der Waals surface area contributed by atoms with Gasteiger partial charge in [-0.25, -0.2) is 0 Å². The molecule has 3 heteroatoms. The number of hydrogen-bond donors (Lipinski definition) is 1. The van der Waals surface area contributed by atoms with Gasteiger partial charge < -0.3 is 14.8 Å². The Labute approximate surface area is 129 Å². The van der Waals surface area contributed by atoms with Crippen molar-refractivity contribution in [2.45, 2.75) is 45.8 Å². The highest BCUT2D eigenvalue weighted by Gasteiger charge is 2.24. The molecule has 1 aromatic carbocycles. The smallest absolute Gasteiger partial charge is 0.119 e. The molecule has 0 spiro atoms. The molecule has 0 heterocycles. The van der Waals surface area contributed by atoms with E-state index in [1.165, 1.54) is 24.8 Å². The molecule has 1 aliphatic carbocycles. The Kier molecular flexibility index (Phi) is 6.52. The molecule has 3 atom stereocenters. The van der Waals surface area contributed by atoms with E-state index in [1.807, 2.05) is 19.2 Å². The highest BCUT2D eigenvalue weighted by atomic mass is 16.5. The highest BCUT2D eigenvalue weighted by molar-refractivity contribution is 5.28. The van der Waals surface area contributed by atoms with Crippen LogP contribution in [0.15, 0.2) is 24.3 Å². The molecule has 3 nitrogen and oxygen atoms in total. The molecule has 1 fully saturated rings. The molecule has 3 unspecified atom stereocenters. The van der Waals surface area contributed by atoms with E-state index in [2.05, 4.69) is 31.3 Å². The summed E-state index contributed by atoms with van der Waals surface area (Å²) in [6, 6.07) is 8.22. The summed E-state index contributed by atoms with van der Waals surface area (Å²) in [4.78, 5) is 0. The minimum atomic E-state index is 0.426. The van der Waals surface area contributed by atoms with Crippen molar-refractivity contribution in [3.8, 4) is 5.75 Å². The fourth-order valence-corrected chi connectivity index (χ4v) is 2.97. The van der Waals surface area contributed by atoms with Crippen molar-refractivity contribution in [1.82, 2.24) is 5.32 Å². The van der Waals surface area contributed by atoms with Crippen LogP contribution >= 0.6 is 0 Å². The van der Waals surface area contributed by atoms with E-state index in [0.29, 0.717) is 19.3 Å². The first-order valence-corrected chi connectivity index (χ1v) is 8.17. The largest absolute Gasteiger partial charge is 0.491 e. The predicted molar refractivity (Wildman–Crippen MR) is 86.6 cm³/mol. The summed E-state index contributed by atoms with van der Waals surface area (Å²) >= 11 is 0. The van der Waals surface area contributed by atoms with E-state index in [9.17, 15) is 0 Å². The molecule has 0 amide bonds. The fourth-order valence-electron chi connectivity index (χ4n) is 2.97. The van der Waals surface area contributed by atoms with Crippen LogP contribution < -0.4 is 10.1 Å². The number of hydrogen-bond acceptors (Lipinski definition) is 3. The minimum absolute atomic E-state index is 0.426. The van der Waals surface area contributed by atoms with Gasteiger partial charge in [-0.1, -0.05) is 26.0 Å². The summed E-state index contributed by atoms with van der Waals surface area (Å²) in [5.41, 5.74) is 1.24. The third-order valence-corrected chi connectivity index (χ3v) is 4.54. The van der Waals surface area contributed by atoms with Gasteiger partial charge >= 0.3 is 0 Å². The van der Waals surface area contributed by atoms with Crippen LogP contribution in [0.5, 0.6) is 5.75 Å². The SMILES string of the molecule is CNCc1cccc(OCCOC2CCC(C)C(C)C2)c1. The van der Waals surface area contributed by atoms with Gasteiger partial charge in [0.05, 0.1) is 12.7 Å². The average Bonchev–Trinajstić information content (AvgIpc) is 2.48. The van der Waals surface area contributed by atoms with Gasteiger partial charge in [0, 0.05) is 6.54 Å². The van der Waals surface area contributed by atoms with Crippen LogP contribution in [0.3, 0.4) is 0 Å². The predicted octanol–water partition coefficient (Wildman–Crippen LogP) is 3.63. The Balaban J connectivity index is 1.66. The second-order valence-corrected chi connectivity index (χ2v) is 6.29. The molecule has 118 valence electrons. The van der Waals surface area contributed by atoms with E-state index < -0.39 is 0 Å². The average molecular weight is 291 g/mol. The first-order chi connectivity index (χ1) is 10.2. The van der Waals surface area contributed by atoms with E-state index in [0.717, 1.165) is 24.1 Å². The zero-order valence-corrected chi connectivity index (χ0v) is 13.6. The summed E-state index contributed by atoms with van der Waals surface area (Å²) in [6.45, 7) is 6.86. The lowest BCUT2D eigenvalue weighted by Crippen LogP contribution is -2.28. The normalized spacial score (nSPS) is 25.8. The van der Waals surface area contributed by atoms with Crippen molar-refractivity contribution in [1.29, 1.82) is 0 Å². The second kappa shape index (κ2) is 8.40. The molecule has 2 rings (SSSR count). The molecule has 1 saturated carbocycles. The van der Waals surface area contributed by atoms with E-state index in [-0.39, 0.29) is 0 Å².